The van der Waals surface area contributed by atoms with E-state index in [0.29, 0.717) is 0 Å². The standard InChI is InChI=1S/C13H24O2/c1-13(9-15,5-6-14)8-12-10-3-2-4-11(12)7-10/h10-12,14-15H,2-9H2,1H3. The molecule has 0 heterocycles. The van der Waals surface area contributed by atoms with Crippen molar-refractivity contribution in [2.24, 2.45) is 23.2 Å². The Labute approximate surface area is 92.7 Å². The van der Waals surface area contributed by atoms with Crippen LogP contribution in [0, 0.1) is 23.2 Å². The summed E-state index contributed by atoms with van der Waals surface area (Å²) in [5.41, 5.74) is -0.0341. The smallest absolute Gasteiger partial charge is 0.0485 e. The van der Waals surface area contributed by atoms with Crippen molar-refractivity contribution < 1.29 is 10.2 Å². The Bertz CT molecular complexity index is 203. The van der Waals surface area contributed by atoms with E-state index in [1.165, 1.54) is 25.7 Å². The first-order chi connectivity index (χ1) is 7.18. The summed E-state index contributed by atoms with van der Waals surface area (Å²) in [5.74, 6) is 2.73. The van der Waals surface area contributed by atoms with Crippen molar-refractivity contribution in [1.82, 2.24) is 0 Å². The molecule has 0 saturated heterocycles. The maximum atomic E-state index is 9.44. The Morgan fingerprint density at radius 3 is 2.33 bits per heavy atom. The van der Waals surface area contributed by atoms with Crippen LogP contribution < -0.4 is 0 Å². The summed E-state index contributed by atoms with van der Waals surface area (Å²) in [6.07, 6.45) is 7.54. The molecule has 0 spiro atoms. The number of hydrogen-bond donors (Lipinski definition) is 2. The van der Waals surface area contributed by atoms with Crippen LogP contribution in [0.1, 0.15) is 45.4 Å². The van der Waals surface area contributed by atoms with Crippen LogP contribution in [0.15, 0.2) is 0 Å². The van der Waals surface area contributed by atoms with Crippen LogP contribution in [0.2, 0.25) is 0 Å². The van der Waals surface area contributed by atoms with Crippen molar-refractivity contribution in [1.29, 1.82) is 0 Å². The van der Waals surface area contributed by atoms with Gasteiger partial charge in [0.15, 0.2) is 0 Å². The highest BCUT2D eigenvalue weighted by Gasteiger charge is 2.45. The van der Waals surface area contributed by atoms with E-state index in [1.807, 2.05) is 0 Å². The summed E-state index contributed by atoms with van der Waals surface area (Å²) in [4.78, 5) is 0. The molecule has 3 atom stereocenters. The van der Waals surface area contributed by atoms with E-state index < -0.39 is 0 Å². The fourth-order valence-electron chi connectivity index (χ4n) is 3.65. The quantitative estimate of drug-likeness (QED) is 0.733. The fraction of sp³-hybridized carbons (Fsp3) is 1.00. The minimum atomic E-state index is -0.0341. The van der Waals surface area contributed by atoms with Crippen molar-refractivity contribution >= 4 is 0 Å². The summed E-state index contributed by atoms with van der Waals surface area (Å²) in [6.45, 7) is 2.56. The van der Waals surface area contributed by atoms with Crippen LogP contribution in [-0.2, 0) is 0 Å². The second-order valence-corrected chi connectivity index (χ2v) is 6.00. The lowest BCUT2D eigenvalue weighted by molar-refractivity contribution is -0.0364. The average Bonchev–Trinajstić information content (AvgIpc) is 2.27. The molecule has 0 aromatic heterocycles. The molecule has 3 fully saturated rings. The maximum absolute atomic E-state index is 9.44. The number of aliphatic hydroxyl groups excluding tert-OH is 2. The first-order valence-electron chi connectivity index (χ1n) is 6.40. The van der Waals surface area contributed by atoms with Gasteiger partial charge in [0.25, 0.3) is 0 Å². The van der Waals surface area contributed by atoms with Gasteiger partial charge in [-0.1, -0.05) is 26.2 Å². The van der Waals surface area contributed by atoms with E-state index in [1.54, 1.807) is 0 Å². The first-order valence-corrected chi connectivity index (χ1v) is 6.40. The molecule has 0 aliphatic heterocycles. The number of fused-ring (bicyclic) bond motifs is 2. The van der Waals surface area contributed by atoms with Gasteiger partial charge in [0.2, 0.25) is 0 Å². The van der Waals surface area contributed by atoms with E-state index in [-0.39, 0.29) is 18.6 Å². The predicted molar refractivity (Wildman–Crippen MR) is 60.5 cm³/mol. The Hall–Kier alpha value is -0.0800. The molecule has 2 N–H and O–H groups in total. The molecule has 3 rings (SSSR count). The summed E-state index contributed by atoms with van der Waals surface area (Å²) in [5, 5.41) is 18.5. The topological polar surface area (TPSA) is 40.5 Å². The van der Waals surface area contributed by atoms with Crippen molar-refractivity contribution in [2.75, 3.05) is 13.2 Å². The van der Waals surface area contributed by atoms with Crippen molar-refractivity contribution in [3.63, 3.8) is 0 Å². The SMILES string of the molecule is CC(CO)(CCO)CC1C2CCCC1C2. The highest BCUT2D eigenvalue weighted by Crippen LogP contribution is 2.54. The van der Waals surface area contributed by atoms with Crippen LogP contribution in [0.4, 0.5) is 0 Å². The van der Waals surface area contributed by atoms with Gasteiger partial charge in [-0.2, -0.15) is 0 Å². The molecular formula is C13H24O2. The predicted octanol–water partition coefficient (Wildman–Crippen LogP) is 2.19. The normalized spacial score (nSPS) is 38.2. The van der Waals surface area contributed by atoms with Crippen LogP contribution in [0.3, 0.4) is 0 Å². The molecule has 3 saturated carbocycles. The van der Waals surface area contributed by atoms with Gasteiger partial charge in [-0.05, 0) is 42.4 Å². The molecule has 2 bridgehead atoms. The fourth-order valence-corrected chi connectivity index (χ4v) is 3.65. The third-order valence-electron chi connectivity index (χ3n) is 4.79. The monoisotopic (exact) mass is 212 g/mol. The lowest BCUT2D eigenvalue weighted by atomic mass is 9.53. The minimum Gasteiger partial charge on any atom is -0.396 e. The van der Waals surface area contributed by atoms with Crippen LogP contribution in [-0.4, -0.2) is 23.4 Å². The van der Waals surface area contributed by atoms with Crippen molar-refractivity contribution in [2.45, 2.75) is 45.4 Å². The number of hydrogen-bond acceptors (Lipinski definition) is 2. The van der Waals surface area contributed by atoms with Gasteiger partial charge in [-0.3, -0.25) is 0 Å². The summed E-state index contributed by atoms with van der Waals surface area (Å²) in [6, 6.07) is 0. The second-order valence-electron chi connectivity index (χ2n) is 6.00. The maximum Gasteiger partial charge on any atom is 0.0485 e. The lowest BCUT2D eigenvalue weighted by Crippen LogP contribution is -2.44. The summed E-state index contributed by atoms with van der Waals surface area (Å²) >= 11 is 0. The Morgan fingerprint density at radius 1 is 1.20 bits per heavy atom. The Morgan fingerprint density at radius 2 is 1.87 bits per heavy atom. The Balaban J connectivity index is 1.89. The molecule has 3 aliphatic carbocycles. The second kappa shape index (κ2) is 4.42. The van der Waals surface area contributed by atoms with Crippen molar-refractivity contribution in [3.05, 3.63) is 0 Å². The summed E-state index contributed by atoms with van der Waals surface area (Å²) < 4.78 is 0. The number of aliphatic hydroxyl groups is 2. The van der Waals surface area contributed by atoms with Crippen molar-refractivity contribution in [3.8, 4) is 0 Å². The van der Waals surface area contributed by atoms with E-state index >= 15 is 0 Å². The van der Waals surface area contributed by atoms with Gasteiger partial charge >= 0.3 is 0 Å². The molecule has 0 amide bonds. The largest absolute Gasteiger partial charge is 0.396 e. The van der Waals surface area contributed by atoms with E-state index in [4.69, 9.17) is 5.11 Å². The van der Waals surface area contributed by atoms with E-state index in [0.717, 1.165) is 30.6 Å². The van der Waals surface area contributed by atoms with Gasteiger partial charge < -0.3 is 10.2 Å². The van der Waals surface area contributed by atoms with Crippen LogP contribution in [0.25, 0.3) is 0 Å². The Kier molecular flexibility index (Phi) is 3.36. The minimum absolute atomic E-state index is 0.0341. The van der Waals surface area contributed by atoms with Crippen LogP contribution >= 0.6 is 0 Å². The van der Waals surface area contributed by atoms with Gasteiger partial charge in [-0.25, -0.2) is 0 Å². The zero-order chi connectivity index (χ0) is 10.9. The third kappa shape index (κ3) is 2.21. The molecule has 3 aliphatic rings. The zero-order valence-corrected chi connectivity index (χ0v) is 9.78. The molecule has 2 heteroatoms. The van der Waals surface area contributed by atoms with Gasteiger partial charge in [0, 0.05) is 13.2 Å². The highest BCUT2D eigenvalue weighted by atomic mass is 16.3. The molecule has 2 nitrogen and oxygen atoms in total. The van der Waals surface area contributed by atoms with Gasteiger partial charge in [0.1, 0.15) is 0 Å². The van der Waals surface area contributed by atoms with E-state index in [9.17, 15) is 5.11 Å². The molecule has 0 radical (unpaired) electrons. The molecule has 0 aromatic carbocycles. The summed E-state index contributed by atoms with van der Waals surface area (Å²) in [7, 11) is 0. The molecule has 3 unspecified atom stereocenters. The first kappa shape index (κ1) is 11.4. The molecule has 15 heavy (non-hydrogen) atoms. The lowest BCUT2D eigenvalue weighted by Gasteiger charge is -2.52. The van der Waals surface area contributed by atoms with Gasteiger partial charge in [0.05, 0.1) is 0 Å². The molecule has 0 aromatic rings. The van der Waals surface area contributed by atoms with Gasteiger partial charge in [-0.15, -0.1) is 0 Å². The highest BCUT2D eigenvalue weighted by molar-refractivity contribution is 4.95. The molecular weight excluding hydrogens is 188 g/mol. The molecule has 88 valence electrons. The zero-order valence-electron chi connectivity index (χ0n) is 9.78. The third-order valence-corrected chi connectivity index (χ3v) is 4.79. The number of rotatable bonds is 5. The van der Waals surface area contributed by atoms with E-state index in [2.05, 4.69) is 6.92 Å². The average molecular weight is 212 g/mol. The van der Waals surface area contributed by atoms with Crippen LogP contribution in [0.5, 0.6) is 0 Å².